The number of aryl methyl sites for hydroxylation is 2. The number of hydrogen-bond acceptors (Lipinski definition) is 3. The van der Waals surface area contributed by atoms with Crippen LogP contribution in [0, 0.1) is 10.5 Å². The number of halogens is 1. The Bertz CT molecular complexity index is 552. The fourth-order valence-electron chi connectivity index (χ4n) is 2.01. The molecule has 106 valence electrons. The molecule has 1 heterocycles. The fourth-order valence-corrected chi connectivity index (χ4v) is 2.71. The molecule has 1 aromatic carbocycles. The maximum atomic E-state index is 4.75. The van der Waals surface area contributed by atoms with Crippen LogP contribution in [0.1, 0.15) is 31.5 Å². The van der Waals surface area contributed by atoms with Crippen molar-refractivity contribution >= 4 is 28.4 Å². The van der Waals surface area contributed by atoms with Crippen molar-refractivity contribution < 1.29 is 0 Å². The zero-order valence-electron chi connectivity index (χ0n) is 12.2. The van der Waals surface area contributed by atoms with E-state index in [2.05, 4.69) is 77.9 Å². The van der Waals surface area contributed by atoms with Gasteiger partial charge in [-0.3, -0.25) is 0 Å². The molecule has 1 aromatic heterocycles. The topological polar surface area (TPSA) is 37.8 Å². The van der Waals surface area contributed by atoms with Crippen molar-refractivity contribution in [3.05, 3.63) is 39.1 Å². The maximum absolute atomic E-state index is 4.75. The highest BCUT2D eigenvalue weighted by Gasteiger charge is 2.12. The third-order valence-corrected chi connectivity index (χ3v) is 4.19. The number of aromatic nitrogens is 2. The number of hydrogen-bond donors (Lipinski definition) is 1. The molecule has 20 heavy (non-hydrogen) atoms. The first-order chi connectivity index (χ1) is 9.65. The number of nitrogens with zero attached hydrogens (tertiary/aromatic N) is 2. The predicted molar refractivity (Wildman–Crippen MR) is 93.1 cm³/mol. The molecule has 0 spiro atoms. The molecule has 0 saturated carbocycles. The molecule has 4 heteroatoms. The second-order valence-corrected chi connectivity index (χ2v) is 5.88. The molecule has 0 unspecified atom stereocenters. The molecule has 0 atom stereocenters. The summed E-state index contributed by atoms with van der Waals surface area (Å²) in [5.74, 6) is 1.76. The summed E-state index contributed by atoms with van der Waals surface area (Å²) in [5, 5.41) is 3.34. The van der Waals surface area contributed by atoms with Crippen molar-refractivity contribution in [1.29, 1.82) is 0 Å². The minimum absolute atomic E-state index is 0.810. The van der Waals surface area contributed by atoms with Gasteiger partial charge in [0.25, 0.3) is 0 Å². The Morgan fingerprint density at radius 3 is 2.40 bits per heavy atom. The van der Waals surface area contributed by atoms with Crippen LogP contribution in [0.4, 0.5) is 5.82 Å². The third-order valence-electron chi connectivity index (χ3n) is 3.06. The molecule has 0 aliphatic carbocycles. The van der Waals surface area contributed by atoms with Crippen LogP contribution < -0.4 is 5.32 Å². The monoisotopic (exact) mass is 381 g/mol. The van der Waals surface area contributed by atoms with E-state index in [1.54, 1.807) is 0 Å². The molecule has 0 fully saturated rings. The summed E-state index contributed by atoms with van der Waals surface area (Å²) in [6.07, 6.45) is 2.07. The summed E-state index contributed by atoms with van der Waals surface area (Å²) in [6, 6.07) is 8.37. The number of rotatable bonds is 5. The molecular weight excluding hydrogens is 361 g/mol. The number of anilines is 1. The van der Waals surface area contributed by atoms with Crippen LogP contribution in [0.5, 0.6) is 0 Å². The van der Waals surface area contributed by atoms with Crippen LogP contribution in [0.2, 0.25) is 0 Å². The Hall–Kier alpha value is -1.17. The Morgan fingerprint density at radius 2 is 1.80 bits per heavy atom. The number of benzene rings is 1. The first-order valence-electron chi connectivity index (χ1n) is 7.03. The SMILES string of the molecule is CCCc1nc(-c2ccc(C)cc2)nc(NCC)c1I. The maximum Gasteiger partial charge on any atom is 0.161 e. The van der Waals surface area contributed by atoms with Gasteiger partial charge in [-0.2, -0.15) is 0 Å². The smallest absolute Gasteiger partial charge is 0.161 e. The number of nitrogens with one attached hydrogen (secondary N) is 1. The van der Waals surface area contributed by atoms with Crippen molar-refractivity contribution in [3.63, 3.8) is 0 Å². The van der Waals surface area contributed by atoms with Gasteiger partial charge >= 0.3 is 0 Å². The van der Waals surface area contributed by atoms with Crippen LogP contribution in [-0.2, 0) is 6.42 Å². The molecule has 1 N–H and O–H groups in total. The van der Waals surface area contributed by atoms with Gasteiger partial charge in [0.15, 0.2) is 5.82 Å². The van der Waals surface area contributed by atoms with E-state index in [0.717, 1.165) is 45.9 Å². The van der Waals surface area contributed by atoms with E-state index in [9.17, 15) is 0 Å². The molecule has 0 aliphatic rings. The molecule has 0 radical (unpaired) electrons. The Labute approximate surface area is 134 Å². The van der Waals surface area contributed by atoms with Crippen LogP contribution in [0.3, 0.4) is 0 Å². The van der Waals surface area contributed by atoms with Crippen molar-refractivity contribution in [1.82, 2.24) is 9.97 Å². The van der Waals surface area contributed by atoms with Gasteiger partial charge in [-0.1, -0.05) is 43.2 Å². The molecule has 0 amide bonds. The highest BCUT2D eigenvalue weighted by Crippen LogP contribution is 2.25. The van der Waals surface area contributed by atoms with Crippen molar-refractivity contribution in [2.24, 2.45) is 0 Å². The van der Waals surface area contributed by atoms with E-state index in [4.69, 9.17) is 4.98 Å². The summed E-state index contributed by atoms with van der Waals surface area (Å²) in [7, 11) is 0. The van der Waals surface area contributed by atoms with E-state index in [1.807, 2.05) is 0 Å². The van der Waals surface area contributed by atoms with Gasteiger partial charge in [0, 0.05) is 12.1 Å². The predicted octanol–water partition coefficient (Wildman–Crippen LogP) is 4.44. The lowest BCUT2D eigenvalue weighted by Crippen LogP contribution is -2.08. The van der Waals surface area contributed by atoms with Crippen LogP contribution in [-0.4, -0.2) is 16.5 Å². The van der Waals surface area contributed by atoms with E-state index in [0.29, 0.717) is 0 Å². The second kappa shape index (κ2) is 7.02. The lowest BCUT2D eigenvalue weighted by molar-refractivity contribution is 0.867. The summed E-state index contributed by atoms with van der Waals surface area (Å²) < 4.78 is 1.14. The van der Waals surface area contributed by atoms with Gasteiger partial charge in [-0.05, 0) is 42.9 Å². The lowest BCUT2D eigenvalue weighted by Gasteiger charge is -2.12. The van der Waals surface area contributed by atoms with E-state index < -0.39 is 0 Å². The van der Waals surface area contributed by atoms with Crippen LogP contribution in [0.25, 0.3) is 11.4 Å². The molecule has 0 saturated heterocycles. The van der Waals surface area contributed by atoms with Crippen LogP contribution >= 0.6 is 22.6 Å². The zero-order valence-corrected chi connectivity index (χ0v) is 14.4. The molecule has 0 bridgehead atoms. The highest BCUT2D eigenvalue weighted by molar-refractivity contribution is 14.1. The van der Waals surface area contributed by atoms with Gasteiger partial charge in [-0.15, -0.1) is 0 Å². The summed E-state index contributed by atoms with van der Waals surface area (Å²) in [5.41, 5.74) is 3.46. The largest absolute Gasteiger partial charge is 0.369 e. The molecule has 2 rings (SSSR count). The molecular formula is C16H20IN3. The van der Waals surface area contributed by atoms with Crippen molar-refractivity contribution in [3.8, 4) is 11.4 Å². The fraction of sp³-hybridized carbons (Fsp3) is 0.375. The standard InChI is InChI=1S/C16H20IN3/c1-4-6-13-14(17)16(18-5-2)20-15(19-13)12-9-7-11(3)8-10-12/h7-10H,4-6H2,1-3H3,(H,18,19,20). The first kappa shape index (κ1) is 15.2. The highest BCUT2D eigenvalue weighted by atomic mass is 127. The molecule has 2 aromatic rings. The quantitative estimate of drug-likeness (QED) is 0.779. The van der Waals surface area contributed by atoms with Gasteiger partial charge in [-0.25, -0.2) is 9.97 Å². The average Bonchev–Trinajstić information content (AvgIpc) is 2.44. The van der Waals surface area contributed by atoms with E-state index in [1.165, 1.54) is 5.56 Å². The summed E-state index contributed by atoms with van der Waals surface area (Å²) in [4.78, 5) is 9.42. The Kier molecular flexibility index (Phi) is 5.34. The second-order valence-electron chi connectivity index (χ2n) is 4.80. The van der Waals surface area contributed by atoms with Gasteiger partial charge < -0.3 is 5.32 Å². The van der Waals surface area contributed by atoms with Gasteiger partial charge in [0.1, 0.15) is 5.82 Å². The van der Waals surface area contributed by atoms with Gasteiger partial charge in [0.05, 0.1) is 9.26 Å². The third kappa shape index (κ3) is 3.48. The minimum Gasteiger partial charge on any atom is -0.369 e. The van der Waals surface area contributed by atoms with Crippen LogP contribution in [0.15, 0.2) is 24.3 Å². The van der Waals surface area contributed by atoms with E-state index >= 15 is 0 Å². The van der Waals surface area contributed by atoms with Crippen molar-refractivity contribution in [2.75, 3.05) is 11.9 Å². The van der Waals surface area contributed by atoms with E-state index in [-0.39, 0.29) is 0 Å². The van der Waals surface area contributed by atoms with Crippen molar-refractivity contribution in [2.45, 2.75) is 33.6 Å². The first-order valence-corrected chi connectivity index (χ1v) is 8.10. The normalized spacial score (nSPS) is 10.6. The molecule has 0 aliphatic heterocycles. The minimum atomic E-state index is 0.810. The lowest BCUT2D eigenvalue weighted by atomic mass is 10.1. The summed E-state index contributed by atoms with van der Waals surface area (Å²) in [6.45, 7) is 7.22. The zero-order chi connectivity index (χ0) is 14.5. The summed E-state index contributed by atoms with van der Waals surface area (Å²) >= 11 is 2.34. The Morgan fingerprint density at radius 1 is 1.10 bits per heavy atom. The van der Waals surface area contributed by atoms with Gasteiger partial charge in [0.2, 0.25) is 0 Å². The molecule has 3 nitrogen and oxygen atoms in total. The average molecular weight is 381 g/mol. The Balaban J connectivity index is 2.49.